The highest BCUT2D eigenvalue weighted by atomic mass is 32.1. The Morgan fingerprint density at radius 2 is 2.27 bits per heavy atom. The van der Waals surface area contributed by atoms with Gasteiger partial charge in [-0.2, -0.15) is 0 Å². The average molecular weight is 321 g/mol. The van der Waals surface area contributed by atoms with Crippen LogP contribution < -0.4 is 5.32 Å². The number of hydrogen-bond acceptors (Lipinski definition) is 6. The van der Waals surface area contributed by atoms with E-state index in [-0.39, 0.29) is 5.91 Å². The summed E-state index contributed by atoms with van der Waals surface area (Å²) in [6.45, 7) is 5.12. The first-order valence-electron chi connectivity index (χ1n) is 7.08. The maximum absolute atomic E-state index is 12.0. The van der Waals surface area contributed by atoms with E-state index < -0.39 is 6.10 Å². The SMILES string of the molecule is CCOCCOC(C)C(=O)Nc1csc(-c2ccccn2)n1. The summed E-state index contributed by atoms with van der Waals surface area (Å²) < 4.78 is 10.6. The largest absolute Gasteiger partial charge is 0.379 e. The Morgan fingerprint density at radius 3 is 3.00 bits per heavy atom. The highest BCUT2D eigenvalue weighted by Crippen LogP contribution is 2.23. The van der Waals surface area contributed by atoms with Gasteiger partial charge in [0.2, 0.25) is 0 Å². The number of rotatable bonds is 8. The molecule has 118 valence electrons. The molecule has 2 aromatic rings. The van der Waals surface area contributed by atoms with Crippen LogP contribution in [0.5, 0.6) is 0 Å². The van der Waals surface area contributed by atoms with Gasteiger partial charge in [-0.1, -0.05) is 6.07 Å². The fraction of sp³-hybridized carbons (Fsp3) is 0.400. The van der Waals surface area contributed by atoms with Crippen molar-refractivity contribution in [2.45, 2.75) is 20.0 Å². The third-order valence-electron chi connectivity index (χ3n) is 2.81. The number of nitrogens with one attached hydrogen (secondary N) is 1. The highest BCUT2D eigenvalue weighted by Gasteiger charge is 2.15. The molecule has 2 aromatic heterocycles. The number of carbonyl (C=O) groups is 1. The number of pyridine rings is 1. The van der Waals surface area contributed by atoms with Crippen LogP contribution in [0.3, 0.4) is 0 Å². The number of amides is 1. The third-order valence-corrected chi connectivity index (χ3v) is 3.67. The van der Waals surface area contributed by atoms with E-state index in [9.17, 15) is 4.79 Å². The van der Waals surface area contributed by atoms with Crippen LogP contribution in [0.25, 0.3) is 10.7 Å². The Kier molecular flexibility index (Phi) is 6.45. The van der Waals surface area contributed by atoms with Gasteiger partial charge in [-0.3, -0.25) is 9.78 Å². The number of anilines is 1. The summed E-state index contributed by atoms with van der Waals surface area (Å²) in [7, 11) is 0. The van der Waals surface area contributed by atoms with Gasteiger partial charge in [0, 0.05) is 18.2 Å². The van der Waals surface area contributed by atoms with E-state index in [0.717, 1.165) is 10.7 Å². The number of ether oxygens (including phenoxy) is 2. The topological polar surface area (TPSA) is 73.3 Å². The molecule has 0 saturated heterocycles. The van der Waals surface area contributed by atoms with E-state index in [0.29, 0.717) is 25.6 Å². The second-order valence-electron chi connectivity index (χ2n) is 4.45. The van der Waals surface area contributed by atoms with Crippen LogP contribution in [-0.2, 0) is 14.3 Å². The van der Waals surface area contributed by atoms with Gasteiger partial charge in [-0.05, 0) is 26.0 Å². The second kappa shape index (κ2) is 8.57. The van der Waals surface area contributed by atoms with Gasteiger partial charge in [0.25, 0.3) is 5.91 Å². The molecule has 2 heterocycles. The van der Waals surface area contributed by atoms with Crippen LogP contribution >= 0.6 is 11.3 Å². The van der Waals surface area contributed by atoms with Crippen molar-refractivity contribution < 1.29 is 14.3 Å². The number of thiazole rings is 1. The molecule has 0 aliphatic heterocycles. The van der Waals surface area contributed by atoms with Crippen molar-refractivity contribution in [2.24, 2.45) is 0 Å². The van der Waals surface area contributed by atoms with Gasteiger partial charge >= 0.3 is 0 Å². The molecule has 0 saturated carbocycles. The maximum Gasteiger partial charge on any atom is 0.254 e. The molecule has 0 fully saturated rings. The van der Waals surface area contributed by atoms with Crippen LogP contribution in [0.2, 0.25) is 0 Å². The first-order chi connectivity index (χ1) is 10.7. The first-order valence-corrected chi connectivity index (χ1v) is 7.95. The molecular weight excluding hydrogens is 302 g/mol. The van der Waals surface area contributed by atoms with Gasteiger partial charge in [0.15, 0.2) is 0 Å². The minimum Gasteiger partial charge on any atom is -0.379 e. The van der Waals surface area contributed by atoms with E-state index >= 15 is 0 Å². The van der Waals surface area contributed by atoms with Crippen LogP contribution in [0.1, 0.15) is 13.8 Å². The minimum atomic E-state index is -0.555. The molecule has 2 rings (SSSR count). The number of carbonyl (C=O) groups excluding carboxylic acids is 1. The van der Waals surface area contributed by atoms with E-state index in [4.69, 9.17) is 9.47 Å². The first kappa shape index (κ1) is 16.5. The quantitative estimate of drug-likeness (QED) is 0.757. The summed E-state index contributed by atoms with van der Waals surface area (Å²) in [6, 6.07) is 5.63. The fourth-order valence-corrected chi connectivity index (χ4v) is 2.40. The van der Waals surface area contributed by atoms with Crippen LogP contribution in [0, 0.1) is 0 Å². The Bertz CT molecular complexity index is 589. The molecule has 0 aromatic carbocycles. The lowest BCUT2D eigenvalue weighted by molar-refractivity contribution is -0.127. The van der Waals surface area contributed by atoms with E-state index in [1.165, 1.54) is 11.3 Å². The Morgan fingerprint density at radius 1 is 1.41 bits per heavy atom. The molecule has 6 nitrogen and oxygen atoms in total. The monoisotopic (exact) mass is 321 g/mol. The van der Waals surface area contributed by atoms with E-state index in [1.54, 1.807) is 18.5 Å². The maximum atomic E-state index is 12.0. The predicted octanol–water partition coefficient (Wildman–Crippen LogP) is 2.59. The van der Waals surface area contributed by atoms with Crippen molar-refractivity contribution in [1.82, 2.24) is 9.97 Å². The van der Waals surface area contributed by atoms with Crippen LogP contribution in [0.15, 0.2) is 29.8 Å². The molecule has 0 spiro atoms. The van der Waals surface area contributed by atoms with Crippen molar-refractivity contribution in [2.75, 3.05) is 25.1 Å². The standard InChI is InChI=1S/C15H19N3O3S/c1-3-20-8-9-21-11(2)14(19)17-13-10-22-15(18-13)12-6-4-5-7-16-12/h4-7,10-11H,3,8-9H2,1-2H3,(H,17,19). The van der Waals surface area contributed by atoms with Crippen molar-refractivity contribution in [1.29, 1.82) is 0 Å². The molecule has 0 bridgehead atoms. The van der Waals surface area contributed by atoms with Gasteiger partial charge in [0.05, 0.1) is 18.9 Å². The molecule has 1 N–H and O–H groups in total. The van der Waals surface area contributed by atoms with E-state index in [2.05, 4.69) is 15.3 Å². The van der Waals surface area contributed by atoms with Crippen molar-refractivity contribution in [3.8, 4) is 10.7 Å². The molecule has 1 amide bonds. The number of hydrogen-bond donors (Lipinski definition) is 1. The normalized spacial score (nSPS) is 12.1. The van der Waals surface area contributed by atoms with Crippen LogP contribution in [0.4, 0.5) is 5.82 Å². The zero-order valence-electron chi connectivity index (χ0n) is 12.6. The summed E-state index contributed by atoms with van der Waals surface area (Å²) in [5, 5.41) is 5.29. The Balaban J connectivity index is 1.86. The lowest BCUT2D eigenvalue weighted by Gasteiger charge is -2.12. The molecule has 22 heavy (non-hydrogen) atoms. The van der Waals surface area contributed by atoms with Gasteiger partial charge in [0.1, 0.15) is 16.9 Å². The fourth-order valence-electron chi connectivity index (χ4n) is 1.67. The lowest BCUT2D eigenvalue weighted by Crippen LogP contribution is -2.29. The molecule has 1 unspecified atom stereocenters. The van der Waals surface area contributed by atoms with Crippen molar-refractivity contribution in [3.05, 3.63) is 29.8 Å². The molecule has 0 aliphatic rings. The smallest absolute Gasteiger partial charge is 0.254 e. The zero-order chi connectivity index (χ0) is 15.8. The Hall–Kier alpha value is -1.83. The Labute approximate surface area is 133 Å². The number of aromatic nitrogens is 2. The van der Waals surface area contributed by atoms with Gasteiger partial charge in [-0.15, -0.1) is 11.3 Å². The van der Waals surface area contributed by atoms with Gasteiger partial charge < -0.3 is 14.8 Å². The zero-order valence-corrected chi connectivity index (χ0v) is 13.4. The van der Waals surface area contributed by atoms with E-state index in [1.807, 2.05) is 25.1 Å². The number of nitrogens with zero attached hydrogens (tertiary/aromatic N) is 2. The second-order valence-corrected chi connectivity index (χ2v) is 5.31. The highest BCUT2D eigenvalue weighted by molar-refractivity contribution is 7.13. The minimum absolute atomic E-state index is 0.227. The molecular formula is C15H19N3O3S. The van der Waals surface area contributed by atoms with Crippen LogP contribution in [-0.4, -0.2) is 41.8 Å². The third kappa shape index (κ3) is 4.87. The average Bonchev–Trinajstić information content (AvgIpc) is 3.00. The molecule has 0 radical (unpaired) electrons. The van der Waals surface area contributed by atoms with Gasteiger partial charge in [-0.25, -0.2) is 4.98 Å². The summed E-state index contributed by atoms with van der Waals surface area (Å²) in [4.78, 5) is 20.6. The molecule has 0 aliphatic carbocycles. The summed E-state index contributed by atoms with van der Waals surface area (Å²) in [5.41, 5.74) is 0.786. The molecule has 1 atom stereocenters. The lowest BCUT2D eigenvalue weighted by atomic mass is 10.3. The van der Waals surface area contributed by atoms with Crippen molar-refractivity contribution in [3.63, 3.8) is 0 Å². The summed E-state index contributed by atoms with van der Waals surface area (Å²) in [6.07, 6.45) is 1.16. The predicted molar refractivity (Wildman–Crippen MR) is 85.9 cm³/mol. The van der Waals surface area contributed by atoms with Crippen molar-refractivity contribution >= 4 is 23.1 Å². The molecule has 7 heteroatoms. The summed E-state index contributed by atoms with van der Waals surface area (Å²) >= 11 is 1.43. The summed E-state index contributed by atoms with van der Waals surface area (Å²) in [5.74, 6) is 0.283.